The zero-order chi connectivity index (χ0) is 11.7. The smallest absolute Gasteiger partial charge is 0.356 e. The van der Waals surface area contributed by atoms with Gasteiger partial charge in [0.2, 0.25) is 0 Å². The number of hydrogen-bond donors (Lipinski definition) is 1. The zero-order valence-electron chi connectivity index (χ0n) is 7.78. The summed E-state index contributed by atoms with van der Waals surface area (Å²) in [5.41, 5.74) is 0.703. The molecule has 0 saturated heterocycles. The van der Waals surface area contributed by atoms with Gasteiger partial charge < -0.3 is 5.11 Å². The van der Waals surface area contributed by atoms with Gasteiger partial charge in [-0.05, 0) is 22.0 Å². The Kier molecular flexibility index (Phi) is 3.28. The summed E-state index contributed by atoms with van der Waals surface area (Å²) in [6.07, 6.45) is 0. The number of halogens is 2. The zero-order valence-corrected chi connectivity index (χ0v) is 10.9. The van der Waals surface area contributed by atoms with E-state index in [-0.39, 0.29) is 5.69 Å². The van der Waals surface area contributed by atoms with E-state index in [9.17, 15) is 4.79 Å². The van der Waals surface area contributed by atoms with Crippen molar-refractivity contribution < 1.29 is 9.90 Å². The number of hydrogen-bond acceptors (Lipinski definition) is 3. The van der Waals surface area contributed by atoms with Crippen molar-refractivity contribution in [3.63, 3.8) is 0 Å². The number of benzene rings is 1. The van der Waals surface area contributed by atoms with Crippen LogP contribution in [0.15, 0.2) is 28.2 Å². The molecule has 1 aromatic carbocycles. The highest BCUT2D eigenvalue weighted by atomic mass is 79.9. The van der Waals surface area contributed by atoms with E-state index in [1.165, 1.54) is 11.3 Å². The van der Waals surface area contributed by atoms with Gasteiger partial charge in [0, 0.05) is 10.6 Å². The van der Waals surface area contributed by atoms with Gasteiger partial charge in [0.15, 0.2) is 9.61 Å². The molecule has 3 nitrogen and oxygen atoms in total. The Morgan fingerprint density at radius 3 is 2.75 bits per heavy atom. The summed E-state index contributed by atoms with van der Waals surface area (Å²) in [4.78, 5) is 15.5. The molecule has 2 aromatic rings. The van der Waals surface area contributed by atoms with Crippen molar-refractivity contribution in [1.29, 1.82) is 0 Å². The van der Waals surface area contributed by atoms with Crippen molar-refractivity contribution in [3.05, 3.63) is 38.9 Å². The summed E-state index contributed by atoms with van der Waals surface area (Å²) in [6.45, 7) is 0. The number of carboxylic acids is 1. The van der Waals surface area contributed by atoms with E-state index in [1.54, 1.807) is 24.3 Å². The monoisotopic (exact) mass is 317 g/mol. The van der Waals surface area contributed by atoms with Gasteiger partial charge in [-0.3, -0.25) is 0 Å². The maximum absolute atomic E-state index is 11.0. The first-order chi connectivity index (χ1) is 7.59. The fraction of sp³-hybridized carbons (Fsp3) is 0. The Labute approximate surface area is 109 Å². The number of carbonyl (C=O) groups is 1. The van der Waals surface area contributed by atoms with Crippen LogP contribution in [0.3, 0.4) is 0 Å². The lowest BCUT2D eigenvalue weighted by Gasteiger charge is -2.00. The first-order valence-corrected chi connectivity index (χ1v) is 6.23. The van der Waals surface area contributed by atoms with Gasteiger partial charge in [0.1, 0.15) is 0 Å². The molecule has 0 spiro atoms. The van der Waals surface area contributed by atoms with Crippen molar-refractivity contribution in [2.45, 2.75) is 0 Å². The van der Waals surface area contributed by atoms with Crippen LogP contribution < -0.4 is 0 Å². The minimum absolute atomic E-state index is 0.0185. The fourth-order valence-electron chi connectivity index (χ4n) is 1.27. The van der Waals surface area contributed by atoms with Crippen LogP contribution in [0.2, 0.25) is 5.02 Å². The highest BCUT2D eigenvalue weighted by Gasteiger charge is 2.19. The lowest BCUT2D eigenvalue weighted by Crippen LogP contribution is -1.98. The molecule has 1 N–H and O–H groups in total. The average molecular weight is 319 g/mol. The van der Waals surface area contributed by atoms with Crippen molar-refractivity contribution >= 4 is 44.8 Å². The minimum Gasteiger partial charge on any atom is -0.476 e. The maximum Gasteiger partial charge on any atom is 0.356 e. The summed E-state index contributed by atoms with van der Waals surface area (Å²) in [6, 6.07) is 7.09. The Morgan fingerprint density at radius 1 is 1.44 bits per heavy atom. The number of aromatic nitrogens is 1. The maximum atomic E-state index is 11.0. The normalized spacial score (nSPS) is 10.4. The molecule has 0 bridgehead atoms. The summed E-state index contributed by atoms with van der Waals surface area (Å²) >= 11 is 10.4. The molecule has 6 heteroatoms. The van der Waals surface area contributed by atoms with Crippen LogP contribution in [0.5, 0.6) is 0 Å². The van der Waals surface area contributed by atoms with Gasteiger partial charge in [0.25, 0.3) is 0 Å². The largest absolute Gasteiger partial charge is 0.476 e. The lowest BCUT2D eigenvalue weighted by atomic mass is 10.1. The molecule has 0 saturated carbocycles. The molecular formula is C10H5BrClNO2S. The summed E-state index contributed by atoms with van der Waals surface area (Å²) < 4.78 is 0.528. The van der Waals surface area contributed by atoms with Crippen LogP contribution in [-0.2, 0) is 0 Å². The lowest BCUT2D eigenvalue weighted by molar-refractivity contribution is 0.0692. The van der Waals surface area contributed by atoms with E-state index in [0.717, 1.165) is 0 Å². The number of rotatable bonds is 2. The van der Waals surface area contributed by atoms with Crippen LogP contribution in [0.4, 0.5) is 0 Å². The second-order valence-electron chi connectivity index (χ2n) is 2.93. The van der Waals surface area contributed by atoms with Crippen LogP contribution in [-0.4, -0.2) is 16.1 Å². The van der Waals surface area contributed by atoms with Crippen LogP contribution in [0, 0.1) is 0 Å². The van der Waals surface area contributed by atoms with E-state index < -0.39 is 5.97 Å². The quantitative estimate of drug-likeness (QED) is 0.913. The van der Waals surface area contributed by atoms with Gasteiger partial charge >= 0.3 is 5.97 Å². The molecule has 82 valence electrons. The molecule has 0 aliphatic carbocycles. The molecule has 0 amide bonds. The molecule has 0 aliphatic rings. The van der Waals surface area contributed by atoms with Crippen LogP contribution in [0.25, 0.3) is 10.4 Å². The highest BCUT2D eigenvalue weighted by molar-refractivity contribution is 9.11. The third-order valence-corrected chi connectivity index (χ3v) is 3.79. The van der Waals surface area contributed by atoms with Gasteiger partial charge in [0.05, 0.1) is 4.88 Å². The van der Waals surface area contributed by atoms with Gasteiger partial charge in [-0.25, -0.2) is 9.78 Å². The van der Waals surface area contributed by atoms with Gasteiger partial charge in [-0.2, -0.15) is 0 Å². The Balaban J connectivity index is 2.64. The van der Waals surface area contributed by atoms with Crippen molar-refractivity contribution in [1.82, 2.24) is 4.98 Å². The summed E-state index contributed by atoms with van der Waals surface area (Å²) in [7, 11) is 0. The molecule has 1 aromatic heterocycles. The molecular weight excluding hydrogens is 314 g/mol. The van der Waals surface area contributed by atoms with Crippen molar-refractivity contribution in [2.24, 2.45) is 0 Å². The summed E-state index contributed by atoms with van der Waals surface area (Å²) in [5.74, 6) is -1.06. The fourth-order valence-corrected chi connectivity index (χ4v) is 3.04. The Bertz CT molecular complexity index is 556. The SMILES string of the molecule is O=C(O)c1nc(Br)sc1-c1ccccc1Cl. The second-order valence-corrected chi connectivity index (χ2v) is 5.61. The molecule has 0 fully saturated rings. The van der Waals surface area contributed by atoms with Crippen LogP contribution in [0.1, 0.15) is 10.5 Å². The number of aromatic carboxylic acids is 1. The van der Waals surface area contributed by atoms with Crippen molar-refractivity contribution in [2.75, 3.05) is 0 Å². The highest BCUT2D eigenvalue weighted by Crippen LogP contribution is 2.36. The minimum atomic E-state index is -1.06. The second kappa shape index (κ2) is 4.53. The molecule has 0 unspecified atom stereocenters. The van der Waals surface area contributed by atoms with Gasteiger partial charge in [-0.1, -0.05) is 29.8 Å². The van der Waals surface area contributed by atoms with E-state index in [2.05, 4.69) is 20.9 Å². The molecule has 0 radical (unpaired) electrons. The third kappa shape index (κ3) is 2.11. The third-order valence-electron chi connectivity index (χ3n) is 1.92. The Morgan fingerprint density at radius 2 is 2.12 bits per heavy atom. The van der Waals surface area contributed by atoms with E-state index in [0.29, 0.717) is 19.4 Å². The molecule has 16 heavy (non-hydrogen) atoms. The van der Waals surface area contributed by atoms with E-state index >= 15 is 0 Å². The number of thiazole rings is 1. The molecule has 2 rings (SSSR count). The number of carboxylic acid groups (broad SMARTS) is 1. The van der Waals surface area contributed by atoms with Crippen molar-refractivity contribution in [3.8, 4) is 10.4 Å². The molecule has 0 aliphatic heterocycles. The first kappa shape index (κ1) is 11.6. The Hall–Kier alpha value is -0.910. The summed E-state index contributed by atoms with van der Waals surface area (Å²) in [5, 5.41) is 9.53. The predicted molar refractivity (Wildman–Crippen MR) is 67.2 cm³/mol. The predicted octanol–water partition coefficient (Wildman–Crippen LogP) is 3.92. The average Bonchev–Trinajstić information content (AvgIpc) is 2.61. The van der Waals surface area contributed by atoms with E-state index in [4.69, 9.17) is 16.7 Å². The van der Waals surface area contributed by atoms with Crippen LogP contribution >= 0.6 is 38.9 Å². The topological polar surface area (TPSA) is 50.2 Å². The first-order valence-electron chi connectivity index (χ1n) is 4.24. The van der Waals surface area contributed by atoms with Gasteiger partial charge in [-0.15, -0.1) is 11.3 Å². The van der Waals surface area contributed by atoms with E-state index in [1.807, 2.05) is 0 Å². The standard InChI is InChI=1S/C10H5BrClNO2S/c11-10-13-7(9(14)15)8(16-10)5-3-1-2-4-6(5)12/h1-4H,(H,14,15). The number of nitrogens with zero attached hydrogens (tertiary/aromatic N) is 1. The molecule has 1 heterocycles. The molecule has 0 atom stereocenters.